The molecule has 60 valence electrons. The molecule has 0 saturated heterocycles. The highest BCUT2D eigenvalue weighted by atomic mass is 16.3. The number of hydrogen-bond acceptors (Lipinski definition) is 2. The minimum Gasteiger partial charge on any atom is -0.390 e. The van der Waals surface area contributed by atoms with Crippen LogP contribution in [0, 0.1) is 5.92 Å². The first-order chi connectivity index (χ1) is 4.31. The van der Waals surface area contributed by atoms with Crippen LogP contribution in [0.5, 0.6) is 0 Å². The summed E-state index contributed by atoms with van der Waals surface area (Å²) in [5.41, 5.74) is -1.11. The highest BCUT2D eigenvalue weighted by Crippen LogP contribution is 2.47. The van der Waals surface area contributed by atoms with Gasteiger partial charge in [-0.15, -0.1) is 0 Å². The van der Waals surface area contributed by atoms with E-state index in [0.717, 1.165) is 6.42 Å². The summed E-state index contributed by atoms with van der Waals surface area (Å²) in [6.45, 7) is 5.38. The molecule has 0 unspecified atom stereocenters. The molecule has 0 aromatic carbocycles. The minimum atomic E-state index is -0.620. The van der Waals surface area contributed by atoms with E-state index in [-0.39, 0.29) is 0 Å². The van der Waals surface area contributed by atoms with Gasteiger partial charge in [-0.05, 0) is 39.5 Å². The SMILES string of the molecule is CC(C)(O)C[C@@H]1C[C@]1(C)O. The van der Waals surface area contributed by atoms with Gasteiger partial charge in [0.1, 0.15) is 0 Å². The Labute approximate surface area is 61.9 Å². The van der Waals surface area contributed by atoms with Crippen molar-refractivity contribution in [1.82, 2.24) is 0 Å². The molecule has 1 aliphatic carbocycles. The molecule has 10 heavy (non-hydrogen) atoms. The van der Waals surface area contributed by atoms with Crippen LogP contribution in [0.2, 0.25) is 0 Å². The first-order valence-electron chi connectivity index (χ1n) is 3.76. The molecule has 2 N–H and O–H groups in total. The third-order valence-electron chi connectivity index (χ3n) is 2.12. The second kappa shape index (κ2) is 1.95. The highest BCUT2D eigenvalue weighted by Gasteiger charge is 2.49. The molecule has 0 heterocycles. The Morgan fingerprint density at radius 1 is 1.60 bits per heavy atom. The maximum atomic E-state index is 9.35. The van der Waals surface area contributed by atoms with Crippen LogP contribution in [-0.4, -0.2) is 21.4 Å². The zero-order chi connectivity index (χ0) is 7.99. The fraction of sp³-hybridized carbons (Fsp3) is 1.00. The lowest BCUT2D eigenvalue weighted by atomic mass is 10.0. The van der Waals surface area contributed by atoms with E-state index in [0.29, 0.717) is 12.3 Å². The minimum absolute atomic E-state index is 0.312. The van der Waals surface area contributed by atoms with Crippen molar-refractivity contribution in [3.8, 4) is 0 Å². The van der Waals surface area contributed by atoms with Crippen LogP contribution in [-0.2, 0) is 0 Å². The Morgan fingerprint density at radius 3 is 2.10 bits per heavy atom. The molecule has 2 nitrogen and oxygen atoms in total. The summed E-state index contributed by atoms with van der Waals surface area (Å²) in [6, 6.07) is 0. The summed E-state index contributed by atoms with van der Waals surface area (Å²) in [7, 11) is 0. The summed E-state index contributed by atoms with van der Waals surface area (Å²) >= 11 is 0. The molecule has 2 heteroatoms. The highest BCUT2D eigenvalue weighted by molar-refractivity contribution is 5.01. The Hall–Kier alpha value is -0.0800. The normalized spacial score (nSPS) is 39.9. The Balaban J connectivity index is 2.31. The number of rotatable bonds is 2. The molecule has 2 atom stereocenters. The van der Waals surface area contributed by atoms with E-state index in [1.165, 1.54) is 0 Å². The summed E-state index contributed by atoms with van der Waals surface area (Å²) in [4.78, 5) is 0. The molecule has 0 bridgehead atoms. The molecular formula is C8H16O2. The molecule has 0 aromatic heterocycles. The standard InChI is InChI=1S/C8H16O2/c1-7(2,9)4-6-5-8(6,3)10/h6,9-10H,4-5H2,1-3H3/t6-,8+/m1/s1. The summed E-state index contributed by atoms with van der Waals surface area (Å²) < 4.78 is 0. The molecule has 0 radical (unpaired) electrons. The smallest absolute Gasteiger partial charge is 0.0653 e. The van der Waals surface area contributed by atoms with Gasteiger partial charge in [0.25, 0.3) is 0 Å². The van der Waals surface area contributed by atoms with Crippen molar-refractivity contribution >= 4 is 0 Å². The third-order valence-corrected chi connectivity index (χ3v) is 2.12. The Kier molecular flexibility index (Phi) is 1.57. The van der Waals surface area contributed by atoms with E-state index in [1.807, 2.05) is 6.92 Å². The molecule has 1 rings (SSSR count). The lowest BCUT2D eigenvalue weighted by Gasteiger charge is -2.17. The Bertz CT molecular complexity index is 133. The predicted octanol–water partition coefficient (Wildman–Crippen LogP) is 0.918. The van der Waals surface area contributed by atoms with Gasteiger partial charge >= 0.3 is 0 Å². The van der Waals surface area contributed by atoms with Crippen molar-refractivity contribution in [3.63, 3.8) is 0 Å². The average Bonchev–Trinajstić information content (AvgIpc) is 2.05. The predicted molar refractivity (Wildman–Crippen MR) is 39.6 cm³/mol. The molecule has 0 aliphatic heterocycles. The fourth-order valence-electron chi connectivity index (χ4n) is 1.33. The van der Waals surface area contributed by atoms with Gasteiger partial charge in [-0.25, -0.2) is 0 Å². The summed E-state index contributed by atoms with van der Waals surface area (Å²) in [6.07, 6.45) is 1.55. The van der Waals surface area contributed by atoms with Crippen molar-refractivity contribution in [2.45, 2.75) is 44.8 Å². The van der Waals surface area contributed by atoms with Gasteiger partial charge < -0.3 is 10.2 Å². The van der Waals surface area contributed by atoms with Crippen LogP contribution in [0.3, 0.4) is 0 Å². The summed E-state index contributed by atoms with van der Waals surface area (Å²) in [5.74, 6) is 0.312. The zero-order valence-corrected chi connectivity index (χ0v) is 6.89. The first kappa shape index (κ1) is 8.02. The van der Waals surface area contributed by atoms with E-state index in [9.17, 15) is 10.2 Å². The lowest BCUT2D eigenvalue weighted by Crippen LogP contribution is -2.21. The van der Waals surface area contributed by atoms with Crippen LogP contribution in [0.25, 0.3) is 0 Å². The number of aliphatic hydroxyl groups is 2. The second-order valence-electron chi connectivity index (χ2n) is 4.27. The van der Waals surface area contributed by atoms with E-state index >= 15 is 0 Å². The van der Waals surface area contributed by atoms with Gasteiger partial charge in [0.05, 0.1) is 11.2 Å². The van der Waals surface area contributed by atoms with Crippen molar-refractivity contribution in [2.24, 2.45) is 5.92 Å². The fourth-order valence-corrected chi connectivity index (χ4v) is 1.33. The van der Waals surface area contributed by atoms with Gasteiger partial charge in [0.2, 0.25) is 0 Å². The monoisotopic (exact) mass is 144 g/mol. The quantitative estimate of drug-likeness (QED) is 0.605. The van der Waals surface area contributed by atoms with Crippen LogP contribution >= 0.6 is 0 Å². The molecule has 0 spiro atoms. The van der Waals surface area contributed by atoms with Gasteiger partial charge in [-0.2, -0.15) is 0 Å². The molecule has 1 aliphatic rings. The van der Waals surface area contributed by atoms with Crippen molar-refractivity contribution in [2.75, 3.05) is 0 Å². The third kappa shape index (κ3) is 1.96. The van der Waals surface area contributed by atoms with Gasteiger partial charge in [0.15, 0.2) is 0 Å². The zero-order valence-electron chi connectivity index (χ0n) is 6.89. The Morgan fingerprint density at radius 2 is 2.00 bits per heavy atom. The maximum absolute atomic E-state index is 9.35. The van der Waals surface area contributed by atoms with Gasteiger partial charge in [0, 0.05) is 0 Å². The van der Waals surface area contributed by atoms with Crippen molar-refractivity contribution < 1.29 is 10.2 Å². The molecule has 0 aromatic rings. The maximum Gasteiger partial charge on any atom is 0.0653 e. The van der Waals surface area contributed by atoms with E-state index in [2.05, 4.69) is 0 Å². The number of hydrogen-bond donors (Lipinski definition) is 2. The molecule has 1 saturated carbocycles. The van der Waals surface area contributed by atoms with E-state index < -0.39 is 11.2 Å². The van der Waals surface area contributed by atoms with Crippen LogP contribution < -0.4 is 0 Å². The summed E-state index contributed by atoms with van der Waals surface area (Å²) in [5, 5.41) is 18.7. The van der Waals surface area contributed by atoms with E-state index in [1.54, 1.807) is 13.8 Å². The molecule has 0 amide bonds. The van der Waals surface area contributed by atoms with Crippen molar-refractivity contribution in [1.29, 1.82) is 0 Å². The lowest BCUT2D eigenvalue weighted by molar-refractivity contribution is 0.0489. The first-order valence-corrected chi connectivity index (χ1v) is 3.76. The molecule has 1 fully saturated rings. The second-order valence-corrected chi connectivity index (χ2v) is 4.27. The average molecular weight is 144 g/mol. The van der Waals surface area contributed by atoms with Crippen LogP contribution in [0.15, 0.2) is 0 Å². The van der Waals surface area contributed by atoms with E-state index in [4.69, 9.17) is 0 Å². The van der Waals surface area contributed by atoms with Gasteiger partial charge in [-0.1, -0.05) is 0 Å². The van der Waals surface area contributed by atoms with Crippen LogP contribution in [0.4, 0.5) is 0 Å². The van der Waals surface area contributed by atoms with Crippen molar-refractivity contribution in [3.05, 3.63) is 0 Å². The molecular weight excluding hydrogens is 128 g/mol. The van der Waals surface area contributed by atoms with Crippen LogP contribution in [0.1, 0.15) is 33.6 Å². The largest absolute Gasteiger partial charge is 0.390 e. The topological polar surface area (TPSA) is 40.5 Å². The van der Waals surface area contributed by atoms with Gasteiger partial charge in [-0.3, -0.25) is 0 Å².